The third-order valence-corrected chi connectivity index (χ3v) is 1.58. The smallest absolute Gasteiger partial charge is 0.330 e. The second-order valence-electron chi connectivity index (χ2n) is 2.69. The first kappa shape index (κ1) is 9.51. The minimum atomic E-state index is -0.378. The van der Waals surface area contributed by atoms with Gasteiger partial charge in [-0.05, 0) is 0 Å². The quantitative estimate of drug-likeness (QED) is 0.373. The molecule has 0 spiro atoms. The summed E-state index contributed by atoms with van der Waals surface area (Å²) in [7, 11) is 1.94. The van der Waals surface area contributed by atoms with Crippen LogP contribution in [0, 0.1) is 0 Å². The van der Waals surface area contributed by atoms with Crippen LogP contribution in [0.1, 0.15) is 0 Å². The van der Waals surface area contributed by atoms with E-state index in [0.717, 1.165) is 6.08 Å². The Bertz CT molecular complexity index is 304. The Hall–Kier alpha value is -1.58. The summed E-state index contributed by atoms with van der Waals surface area (Å²) >= 11 is 0. The molecule has 0 fully saturated rings. The predicted octanol–water partition coefficient (Wildman–Crippen LogP) is 0.0418. The zero-order valence-corrected chi connectivity index (χ0v) is 7.64. The van der Waals surface area contributed by atoms with Crippen LogP contribution in [0.3, 0.4) is 0 Å². The zero-order chi connectivity index (χ0) is 9.68. The SMILES string of the molecule is C=CC(=O)OCC[n+]1ccn(C)c1. The molecule has 0 amide bonds. The van der Waals surface area contributed by atoms with Gasteiger partial charge in [0.1, 0.15) is 25.5 Å². The van der Waals surface area contributed by atoms with Crippen LogP contribution in [0.5, 0.6) is 0 Å². The highest BCUT2D eigenvalue weighted by molar-refractivity contribution is 5.81. The molecule has 0 atom stereocenters. The van der Waals surface area contributed by atoms with Gasteiger partial charge in [-0.2, -0.15) is 0 Å². The summed E-state index contributed by atoms with van der Waals surface area (Å²) in [5.41, 5.74) is 0. The highest BCUT2D eigenvalue weighted by atomic mass is 16.5. The zero-order valence-electron chi connectivity index (χ0n) is 7.64. The first-order chi connectivity index (χ1) is 6.22. The molecule has 1 heterocycles. The lowest BCUT2D eigenvalue weighted by Gasteiger charge is -1.97. The largest absolute Gasteiger partial charge is 0.458 e. The van der Waals surface area contributed by atoms with Gasteiger partial charge < -0.3 is 4.74 Å². The van der Waals surface area contributed by atoms with E-state index < -0.39 is 0 Å². The lowest BCUT2D eigenvalue weighted by atomic mass is 10.6. The maximum atomic E-state index is 10.7. The number of hydrogen-bond acceptors (Lipinski definition) is 2. The fraction of sp³-hybridized carbons (Fsp3) is 0.333. The third-order valence-electron chi connectivity index (χ3n) is 1.58. The second kappa shape index (κ2) is 4.45. The fourth-order valence-corrected chi connectivity index (χ4v) is 0.945. The predicted molar refractivity (Wildman–Crippen MR) is 46.8 cm³/mol. The molecule has 1 aromatic rings. The van der Waals surface area contributed by atoms with Crippen molar-refractivity contribution in [3.8, 4) is 0 Å². The summed E-state index contributed by atoms with van der Waals surface area (Å²) in [6, 6.07) is 0. The lowest BCUT2D eigenvalue weighted by molar-refractivity contribution is -0.697. The molecule has 0 aromatic carbocycles. The molecule has 0 bridgehead atoms. The van der Waals surface area contributed by atoms with Crippen molar-refractivity contribution >= 4 is 5.97 Å². The van der Waals surface area contributed by atoms with Crippen molar-refractivity contribution in [3.05, 3.63) is 31.4 Å². The van der Waals surface area contributed by atoms with Crippen molar-refractivity contribution < 1.29 is 14.1 Å². The molecular weight excluding hydrogens is 168 g/mol. The summed E-state index contributed by atoms with van der Waals surface area (Å²) in [4.78, 5) is 10.7. The molecule has 4 nitrogen and oxygen atoms in total. The van der Waals surface area contributed by atoms with Crippen LogP contribution in [-0.2, 0) is 23.1 Å². The first-order valence-electron chi connectivity index (χ1n) is 4.02. The molecule has 0 aliphatic heterocycles. The van der Waals surface area contributed by atoms with Gasteiger partial charge in [-0.1, -0.05) is 6.58 Å². The molecule has 4 heteroatoms. The molecule has 1 rings (SSSR count). The molecule has 0 saturated carbocycles. The molecule has 13 heavy (non-hydrogen) atoms. The van der Waals surface area contributed by atoms with Gasteiger partial charge in [0.05, 0.1) is 7.05 Å². The van der Waals surface area contributed by atoms with Gasteiger partial charge in [0, 0.05) is 6.08 Å². The molecule has 0 radical (unpaired) electrons. The first-order valence-corrected chi connectivity index (χ1v) is 4.02. The van der Waals surface area contributed by atoms with E-state index in [2.05, 4.69) is 6.58 Å². The van der Waals surface area contributed by atoms with Crippen LogP contribution < -0.4 is 4.57 Å². The van der Waals surface area contributed by atoms with E-state index in [0.29, 0.717) is 13.2 Å². The Kier molecular flexibility index (Phi) is 3.25. The number of hydrogen-bond donors (Lipinski definition) is 0. The molecule has 1 aromatic heterocycles. The molecule has 70 valence electrons. The Balaban J connectivity index is 2.27. The monoisotopic (exact) mass is 181 g/mol. The number of nitrogens with zero attached hydrogens (tertiary/aromatic N) is 2. The summed E-state index contributed by atoms with van der Waals surface area (Å²) < 4.78 is 8.68. The molecule has 0 N–H and O–H groups in total. The van der Waals surface area contributed by atoms with E-state index in [1.54, 1.807) is 0 Å². The topological polar surface area (TPSA) is 35.1 Å². The van der Waals surface area contributed by atoms with Crippen molar-refractivity contribution in [2.24, 2.45) is 7.05 Å². The number of rotatable bonds is 4. The number of carbonyl (C=O) groups is 1. The molecule has 0 saturated heterocycles. The van der Waals surface area contributed by atoms with Gasteiger partial charge in [-0.15, -0.1) is 0 Å². The standard InChI is InChI=1S/C9H13N2O2/c1-3-9(12)13-7-6-11-5-4-10(2)8-11/h3-5,8H,1,6-7H2,2H3/q+1. The maximum absolute atomic E-state index is 10.7. The van der Waals surface area contributed by atoms with Crippen molar-refractivity contribution in [3.63, 3.8) is 0 Å². The third kappa shape index (κ3) is 3.11. The van der Waals surface area contributed by atoms with Crippen LogP contribution in [0.4, 0.5) is 0 Å². The van der Waals surface area contributed by atoms with Crippen molar-refractivity contribution in [2.45, 2.75) is 6.54 Å². The van der Waals surface area contributed by atoms with Gasteiger partial charge >= 0.3 is 5.97 Å². The minimum Gasteiger partial charge on any atom is -0.458 e. The van der Waals surface area contributed by atoms with Crippen molar-refractivity contribution in [1.82, 2.24) is 4.57 Å². The van der Waals surface area contributed by atoms with Crippen LogP contribution in [0.25, 0.3) is 0 Å². The van der Waals surface area contributed by atoms with E-state index in [4.69, 9.17) is 4.74 Å². The average Bonchev–Trinajstić information content (AvgIpc) is 2.51. The normalized spacial score (nSPS) is 9.62. The number of ether oxygens (including phenoxy) is 1. The van der Waals surface area contributed by atoms with Crippen LogP contribution >= 0.6 is 0 Å². The summed E-state index contributed by atoms with van der Waals surface area (Å²) in [5, 5.41) is 0. The minimum absolute atomic E-state index is 0.375. The molecule has 0 unspecified atom stereocenters. The van der Waals surface area contributed by atoms with Gasteiger partial charge in [-0.25, -0.2) is 13.9 Å². The van der Waals surface area contributed by atoms with E-state index in [9.17, 15) is 4.79 Å². The van der Waals surface area contributed by atoms with Crippen LogP contribution in [-0.4, -0.2) is 17.1 Å². The number of imidazole rings is 1. The number of aryl methyl sites for hydroxylation is 1. The Morgan fingerprint density at radius 1 is 1.77 bits per heavy atom. The van der Waals surface area contributed by atoms with Gasteiger partial charge in [-0.3, -0.25) is 0 Å². The van der Waals surface area contributed by atoms with Crippen molar-refractivity contribution in [2.75, 3.05) is 6.61 Å². The molecule has 0 aliphatic carbocycles. The molecule has 0 aliphatic rings. The highest BCUT2D eigenvalue weighted by Crippen LogP contribution is 1.81. The summed E-state index contributed by atoms with van der Waals surface area (Å²) in [5.74, 6) is -0.378. The number of carbonyl (C=O) groups excluding carboxylic acids is 1. The molecular formula is C9H13N2O2+. The Morgan fingerprint density at radius 2 is 2.54 bits per heavy atom. The van der Waals surface area contributed by atoms with Crippen LogP contribution in [0.2, 0.25) is 0 Å². The second-order valence-corrected chi connectivity index (χ2v) is 2.69. The van der Waals surface area contributed by atoms with E-state index in [1.807, 2.05) is 34.9 Å². The maximum Gasteiger partial charge on any atom is 0.330 e. The van der Waals surface area contributed by atoms with Gasteiger partial charge in [0.2, 0.25) is 6.33 Å². The van der Waals surface area contributed by atoms with E-state index in [1.165, 1.54) is 0 Å². The fourth-order valence-electron chi connectivity index (χ4n) is 0.945. The van der Waals surface area contributed by atoms with Gasteiger partial charge in [0.15, 0.2) is 0 Å². The summed E-state index contributed by atoms with van der Waals surface area (Å²) in [6.07, 6.45) is 6.93. The highest BCUT2D eigenvalue weighted by Gasteiger charge is 2.00. The summed E-state index contributed by atoms with van der Waals surface area (Å²) in [6.45, 7) is 4.35. The average molecular weight is 181 g/mol. The Morgan fingerprint density at radius 3 is 3.08 bits per heavy atom. The van der Waals surface area contributed by atoms with E-state index in [-0.39, 0.29) is 5.97 Å². The van der Waals surface area contributed by atoms with Gasteiger partial charge in [0.25, 0.3) is 0 Å². The van der Waals surface area contributed by atoms with Crippen LogP contribution in [0.15, 0.2) is 31.4 Å². The Labute approximate surface area is 77.1 Å². The van der Waals surface area contributed by atoms with Crippen molar-refractivity contribution in [1.29, 1.82) is 0 Å². The lowest BCUT2D eigenvalue weighted by Crippen LogP contribution is -2.33. The van der Waals surface area contributed by atoms with E-state index >= 15 is 0 Å². The number of esters is 1. The number of aromatic nitrogens is 2.